The number of ether oxygens (including phenoxy) is 1. The summed E-state index contributed by atoms with van der Waals surface area (Å²) in [6.07, 6.45) is 4.78. The van der Waals surface area contributed by atoms with Crippen LogP contribution in [0.15, 0.2) is 24.6 Å². The standard InChI is InChI=1S/C12H15NO2/c1-12(2,3)11-10(14)9-5-4-6-13(9)7-8-15-11/h4-8,11H,1-3H3. The van der Waals surface area contributed by atoms with Gasteiger partial charge >= 0.3 is 0 Å². The molecule has 2 rings (SSSR count). The molecular formula is C12H15NO2. The first-order valence-corrected chi connectivity index (χ1v) is 5.03. The molecule has 0 saturated heterocycles. The summed E-state index contributed by atoms with van der Waals surface area (Å²) in [6.45, 7) is 6.01. The van der Waals surface area contributed by atoms with Crippen molar-refractivity contribution in [2.75, 3.05) is 0 Å². The Balaban J connectivity index is 2.43. The van der Waals surface area contributed by atoms with Crippen molar-refractivity contribution in [3.8, 4) is 0 Å². The molecule has 1 aromatic heterocycles. The van der Waals surface area contributed by atoms with Crippen molar-refractivity contribution < 1.29 is 9.53 Å². The van der Waals surface area contributed by atoms with E-state index in [2.05, 4.69) is 0 Å². The maximum absolute atomic E-state index is 12.2. The molecule has 1 aliphatic heterocycles. The van der Waals surface area contributed by atoms with Gasteiger partial charge in [-0.1, -0.05) is 20.8 Å². The van der Waals surface area contributed by atoms with Gasteiger partial charge in [-0.25, -0.2) is 0 Å². The van der Waals surface area contributed by atoms with Crippen LogP contribution in [-0.2, 0) is 4.74 Å². The molecule has 0 spiro atoms. The molecule has 15 heavy (non-hydrogen) atoms. The third-order valence-electron chi connectivity index (χ3n) is 2.49. The van der Waals surface area contributed by atoms with Gasteiger partial charge in [-0.3, -0.25) is 4.79 Å². The average molecular weight is 205 g/mol. The highest BCUT2D eigenvalue weighted by atomic mass is 16.5. The zero-order valence-electron chi connectivity index (χ0n) is 9.23. The predicted molar refractivity (Wildman–Crippen MR) is 58.4 cm³/mol. The molecule has 0 fully saturated rings. The number of hydrogen-bond acceptors (Lipinski definition) is 2. The topological polar surface area (TPSA) is 31.2 Å². The molecule has 2 heterocycles. The Bertz CT molecular complexity index is 410. The smallest absolute Gasteiger partial charge is 0.220 e. The lowest BCUT2D eigenvalue weighted by atomic mass is 9.85. The van der Waals surface area contributed by atoms with E-state index in [1.165, 1.54) is 0 Å². The summed E-state index contributed by atoms with van der Waals surface area (Å²) in [5, 5.41) is 0. The number of rotatable bonds is 0. The number of ketones is 1. The summed E-state index contributed by atoms with van der Waals surface area (Å²) in [5.74, 6) is 0.0394. The zero-order chi connectivity index (χ0) is 11.1. The molecule has 80 valence electrons. The predicted octanol–water partition coefficient (Wildman–Crippen LogP) is 2.54. The van der Waals surface area contributed by atoms with Crippen molar-refractivity contribution in [2.24, 2.45) is 5.41 Å². The molecule has 0 aliphatic carbocycles. The second-order valence-electron chi connectivity index (χ2n) is 4.83. The number of aromatic nitrogens is 1. The Kier molecular flexibility index (Phi) is 2.18. The van der Waals surface area contributed by atoms with Crippen LogP contribution in [0.2, 0.25) is 0 Å². The van der Waals surface area contributed by atoms with Crippen molar-refractivity contribution in [1.29, 1.82) is 0 Å². The molecule has 0 bridgehead atoms. The molecule has 1 unspecified atom stereocenters. The number of fused-ring (bicyclic) bond motifs is 1. The highest BCUT2D eigenvalue weighted by molar-refractivity contribution is 5.99. The lowest BCUT2D eigenvalue weighted by molar-refractivity contribution is 0.0375. The van der Waals surface area contributed by atoms with Gasteiger partial charge in [0, 0.05) is 17.8 Å². The van der Waals surface area contributed by atoms with Gasteiger partial charge in [0.25, 0.3) is 0 Å². The number of nitrogens with zero attached hydrogens (tertiary/aromatic N) is 1. The number of carbonyl (C=O) groups is 1. The fourth-order valence-corrected chi connectivity index (χ4v) is 1.71. The summed E-state index contributed by atoms with van der Waals surface area (Å²) >= 11 is 0. The maximum atomic E-state index is 12.2. The molecule has 0 radical (unpaired) electrons. The summed E-state index contributed by atoms with van der Waals surface area (Å²) in [5.41, 5.74) is 0.490. The molecular weight excluding hydrogens is 190 g/mol. The van der Waals surface area contributed by atoms with Crippen molar-refractivity contribution in [1.82, 2.24) is 4.57 Å². The largest absolute Gasteiger partial charge is 0.488 e. The van der Waals surface area contributed by atoms with Gasteiger partial charge < -0.3 is 9.30 Å². The van der Waals surface area contributed by atoms with Gasteiger partial charge in [0.15, 0.2) is 6.10 Å². The summed E-state index contributed by atoms with van der Waals surface area (Å²) in [4.78, 5) is 12.2. The average Bonchev–Trinajstić information content (AvgIpc) is 2.52. The van der Waals surface area contributed by atoms with Gasteiger partial charge in [0.1, 0.15) is 6.26 Å². The fourth-order valence-electron chi connectivity index (χ4n) is 1.71. The van der Waals surface area contributed by atoms with E-state index in [-0.39, 0.29) is 11.2 Å². The van der Waals surface area contributed by atoms with E-state index >= 15 is 0 Å². The zero-order valence-corrected chi connectivity index (χ0v) is 9.23. The lowest BCUT2D eigenvalue weighted by Gasteiger charge is -2.27. The highest BCUT2D eigenvalue weighted by Gasteiger charge is 2.35. The normalized spacial score (nSPS) is 20.7. The Labute approximate surface area is 89.3 Å². The van der Waals surface area contributed by atoms with Gasteiger partial charge in [-0.15, -0.1) is 0 Å². The summed E-state index contributed by atoms with van der Waals surface area (Å²) in [6, 6.07) is 3.68. The highest BCUT2D eigenvalue weighted by Crippen LogP contribution is 2.27. The molecule has 1 aromatic rings. The minimum absolute atomic E-state index is 0.0394. The summed E-state index contributed by atoms with van der Waals surface area (Å²) < 4.78 is 7.26. The van der Waals surface area contributed by atoms with Gasteiger partial charge in [0.2, 0.25) is 5.78 Å². The van der Waals surface area contributed by atoms with Crippen LogP contribution in [0.4, 0.5) is 0 Å². The number of Topliss-reactive ketones (excluding diaryl/α,β-unsaturated/α-hetero) is 1. The van der Waals surface area contributed by atoms with E-state index in [4.69, 9.17) is 4.74 Å². The Morgan fingerprint density at radius 3 is 2.80 bits per heavy atom. The second kappa shape index (κ2) is 3.26. The maximum Gasteiger partial charge on any atom is 0.220 e. The van der Waals surface area contributed by atoms with Crippen LogP contribution in [0.5, 0.6) is 0 Å². The van der Waals surface area contributed by atoms with E-state index in [9.17, 15) is 4.79 Å². The van der Waals surface area contributed by atoms with Crippen LogP contribution in [0, 0.1) is 5.41 Å². The SMILES string of the molecule is CC(C)(C)C1OC=Cn2cccc2C1=O. The van der Waals surface area contributed by atoms with Crippen LogP contribution in [0.1, 0.15) is 31.3 Å². The molecule has 3 nitrogen and oxygen atoms in total. The molecule has 3 heteroatoms. The van der Waals surface area contributed by atoms with Crippen LogP contribution >= 0.6 is 0 Å². The molecule has 0 saturated carbocycles. The van der Waals surface area contributed by atoms with Crippen molar-refractivity contribution in [2.45, 2.75) is 26.9 Å². The van der Waals surface area contributed by atoms with E-state index in [1.54, 1.807) is 17.0 Å². The van der Waals surface area contributed by atoms with E-state index in [0.717, 1.165) is 0 Å². The molecule has 0 N–H and O–H groups in total. The molecule has 0 amide bonds. The Hall–Kier alpha value is -1.51. The van der Waals surface area contributed by atoms with E-state index in [1.807, 2.05) is 39.1 Å². The first-order chi connectivity index (χ1) is 7.00. The van der Waals surface area contributed by atoms with E-state index < -0.39 is 6.10 Å². The van der Waals surface area contributed by atoms with Gasteiger partial charge in [-0.2, -0.15) is 0 Å². The monoisotopic (exact) mass is 205 g/mol. The van der Waals surface area contributed by atoms with E-state index in [0.29, 0.717) is 5.69 Å². The minimum Gasteiger partial charge on any atom is -0.488 e. The van der Waals surface area contributed by atoms with Crippen molar-refractivity contribution >= 4 is 12.0 Å². The molecule has 1 atom stereocenters. The van der Waals surface area contributed by atoms with Gasteiger partial charge in [0.05, 0.1) is 5.69 Å². The Morgan fingerprint density at radius 1 is 1.40 bits per heavy atom. The lowest BCUT2D eigenvalue weighted by Crippen LogP contribution is -2.35. The third-order valence-corrected chi connectivity index (χ3v) is 2.49. The Morgan fingerprint density at radius 2 is 2.13 bits per heavy atom. The van der Waals surface area contributed by atoms with Crippen LogP contribution in [0.25, 0.3) is 6.20 Å². The summed E-state index contributed by atoms with van der Waals surface area (Å²) in [7, 11) is 0. The molecule has 0 aromatic carbocycles. The van der Waals surface area contributed by atoms with Gasteiger partial charge in [-0.05, 0) is 12.1 Å². The van der Waals surface area contributed by atoms with Crippen LogP contribution < -0.4 is 0 Å². The number of carbonyl (C=O) groups excluding carboxylic acids is 1. The number of hydrogen-bond donors (Lipinski definition) is 0. The van der Waals surface area contributed by atoms with Crippen LogP contribution in [-0.4, -0.2) is 16.5 Å². The first kappa shape index (κ1) is 10.0. The van der Waals surface area contributed by atoms with Crippen LogP contribution in [0.3, 0.4) is 0 Å². The molecule has 1 aliphatic rings. The van der Waals surface area contributed by atoms with Crippen molar-refractivity contribution in [3.05, 3.63) is 30.3 Å². The van der Waals surface area contributed by atoms with Crippen molar-refractivity contribution in [3.63, 3.8) is 0 Å². The second-order valence-corrected chi connectivity index (χ2v) is 4.83. The fraction of sp³-hybridized carbons (Fsp3) is 0.417. The third kappa shape index (κ3) is 1.69. The quantitative estimate of drug-likeness (QED) is 0.651. The first-order valence-electron chi connectivity index (χ1n) is 5.03. The minimum atomic E-state index is -0.412.